The Bertz CT molecular complexity index is 642. The van der Waals surface area contributed by atoms with Gasteiger partial charge < -0.3 is 5.32 Å². The average Bonchev–Trinajstić information content (AvgIpc) is 2.99. The lowest BCUT2D eigenvalue weighted by atomic mass is 10.0. The zero-order chi connectivity index (χ0) is 15.2. The smallest absolute Gasteiger partial charge is 0.251 e. The Balaban J connectivity index is 2.09. The van der Waals surface area contributed by atoms with Crippen LogP contribution in [0, 0.1) is 17.2 Å². The Morgan fingerprint density at radius 1 is 1.48 bits per heavy atom. The number of carbonyl (C=O) groups excluding carboxylic acids is 1. The summed E-state index contributed by atoms with van der Waals surface area (Å²) in [4.78, 5) is 12.3. The van der Waals surface area contributed by atoms with Crippen molar-refractivity contribution in [3.8, 4) is 6.07 Å². The van der Waals surface area contributed by atoms with Gasteiger partial charge in [-0.2, -0.15) is 5.26 Å². The van der Waals surface area contributed by atoms with E-state index in [-0.39, 0.29) is 17.9 Å². The first kappa shape index (κ1) is 14.7. The van der Waals surface area contributed by atoms with Gasteiger partial charge in [-0.15, -0.1) is 5.10 Å². The minimum atomic E-state index is -0.189. The zero-order valence-corrected chi connectivity index (χ0v) is 12.0. The molecule has 1 N–H and O–H groups in total. The Morgan fingerprint density at radius 2 is 2.29 bits per heavy atom. The summed E-state index contributed by atoms with van der Waals surface area (Å²) in [5.74, 6) is 0.0585. The van der Waals surface area contributed by atoms with E-state index < -0.39 is 0 Å². The third kappa shape index (κ3) is 3.89. The highest BCUT2D eigenvalue weighted by Gasteiger charge is 2.18. The van der Waals surface area contributed by atoms with Gasteiger partial charge in [0.2, 0.25) is 0 Å². The van der Waals surface area contributed by atoms with E-state index in [9.17, 15) is 4.79 Å². The molecule has 0 aliphatic rings. The summed E-state index contributed by atoms with van der Waals surface area (Å²) in [5, 5.41) is 19.5. The number of rotatable bonds is 5. The summed E-state index contributed by atoms with van der Waals surface area (Å²) in [6, 6.07) is 8.63. The summed E-state index contributed by atoms with van der Waals surface area (Å²) in [6.45, 7) is 4.63. The standard InChI is InChI=1S/C15H17N5O/c1-11(2)14(10-20-7-6-17-19-20)18-15(21)13-5-3-4-12(8-13)9-16/h3-8,11,14H,10H2,1-2H3,(H,18,21). The number of benzene rings is 1. The van der Waals surface area contributed by atoms with Crippen molar-refractivity contribution >= 4 is 5.91 Å². The number of hydrogen-bond donors (Lipinski definition) is 1. The number of nitriles is 1. The Labute approximate surface area is 123 Å². The van der Waals surface area contributed by atoms with Crippen LogP contribution in [0.2, 0.25) is 0 Å². The molecule has 6 heteroatoms. The van der Waals surface area contributed by atoms with Crippen LogP contribution in [0.5, 0.6) is 0 Å². The minimum Gasteiger partial charge on any atom is -0.347 e. The summed E-state index contributed by atoms with van der Waals surface area (Å²) in [6.07, 6.45) is 3.37. The van der Waals surface area contributed by atoms with E-state index in [1.165, 1.54) is 0 Å². The fourth-order valence-electron chi connectivity index (χ4n) is 1.94. The fraction of sp³-hybridized carbons (Fsp3) is 0.333. The second-order valence-electron chi connectivity index (χ2n) is 5.14. The number of nitrogens with zero attached hydrogens (tertiary/aromatic N) is 4. The van der Waals surface area contributed by atoms with E-state index >= 15 is 0 Å². The van der Waals surface area contributed by atoms with Gasteiger partial charge in [-0.05, 0) is 24.1 Å². The molecule has 0 aliphatic heterocycles. The third-order valence-electron chi connectivity index (χ3n) is 3.23. The molecule has 0 radical (unpaired) electrons. The lowest BCUT2D eigenvalue weighted by molar-refractivity contribution is 0.0919. The molecule has 1 unspecified atom stereocenters. The molecule has 0 saturated heterocycles. The molecule has 21 heavy (non-hydrogen) atoms. The number of nitrogens with one attached hydrogen (secondary N) is 1. The van der Waals surface area contributed by atoms with Crippen molar-refractivity contribution in [3.05, 3.63) is 47.8 Å². The number of carbonyl (C=O) groups is 1. The first-order chi connectivity index (χ1) is 10.1. The molecule has 0 fully saturated rings. The monoisotopic (exact) mass is 283 g/mol. The van der Waals surface area contributed by atoms with E-state index in [1.54, 1.807) is 41.3 Å². The van der Waals surface area contributed by atoms with Crippen LogP contribution in [0.4, 0.5) is 0 Å². The van der Waals surface area contributed by atoms with Gasteiger partial charge in [-0.3, -0.25) is 9.48 Å². The highest BCUT2D eigenvalue weighted by atomic mass is 16.1. The highest BCUT2D eigenvalue weighted by Crippen LogP contribution is 2.08. The zero-order valence-electron chi connectivity index (χ0n) is 12.0. The summed E-state index contributed by atoms with van der Waals surface area (Å²) >= 11 is 0. The second kappa shape index (κ2) is 6.66. The van der Waals surface area contributed by atoms with Gasteiger partial charge in [0.15, 0.2) is 0 Å². The maximum atomic E-state index is 12.3. The van der Waals surface area contributed by atoms with Crippen LogP contribution in [0.3, 0.4) is 0 Å². The van der Waals surface area contributed by atoms with Crippen LogP contribution < -0.4 is 5.32 Å². The highest BCUT2D eigenvalue weighted by molar-refractivity contribution is 5.94. The molecule has 0 saturated carbocycles. The Morgan fingerprint density at radius 3 is 2.90 bits per heavy atom. The van der Waals surface area contributed by atoms with Crippen molar-refractivity contribution in [2.45, 2.75) is 26.4 Å². The van der Waals surface area contributed by atoms with Crippen LogP contribution in [-0.4, -0.2) is 26.9 Å². The summed E-state index contributed by atoms with van der Waals surface area (Å²) in [5.41, 5.74) is 0.957. The lowest BCUT2D eigenvalue weighted by Crippen LogP contribution is -2.41. The average molecular weight is 283 g/mol. The topological polar surface area (TPSA) is 83.6 Å². The van der Waals surface area contributed by atoms with E-state index in [2.05, 4.69) is 15.6 Å². The normalized spacial score (nSPS) is 11.9. The Kier molecular flexibility index (Phi) is 4.67. The predicted molar refractivity (Wildman–Crippen MR) is 77.3 cm³/mol. The Hall–Kier alpha value is -2.68. The molecular formula is C15H17N5O. The van der Waals surface area contributed by atoms with Crippen LogP contribution in [0.15, 0.2) is 36.7 Å². The van der Waals surface area contributed by atoms with Gasteiger partial charge in [-0.25, -0.2) is 0 Å². The molecule has 1 atom stereocenters. The SMILES string of the molecule is CC(C)C(Cn1ccnn1)NC(=O)c1cccc(C#N)c1. The van der Waals surface area contributed by atoms with Crippen molar-refractivity contribution in [2.75, 3.05) is 0 Å². The number of aromatic nitrogens is 3. The van der Waals surface area contributed by atoms with E-state index in [0.29, 0.717) is 17.7 Å². The maximum Gasteiger partial charge on any atom is 0.251 e. The molecule has 2 rings (SSSR count). The molecule has 108 valence electrons. The van der Waals surface area contributed by atoms with Crippen LogP contribution in [0.1, 0.15) is 29.8 Å². The van der Waals surface area contributed by atoms with Gasteiger partial charge in [0.25, 0.3) is 5.91 Å². The fourth-order valence-corrected chi connectivity index (χ4v) is 1.94. The van der Waals surface area contributed by atoms with Crippen LogP contribution in [0.25, 0.3) is 0 Å². The van der Waals surface area contributed by atoms with Gasteiger partial charge in [-0.1, -0.05) is 25.1 Å². The molecule has 1 heterocycles. The van der Waals surface area contributed by atoms with Crippen molar-refractivity contribution in [1.82, 2.24) is 20.3 Å². The third-order valence-corrected chi connectivity index (χ3v) is 3.23. The van der Waals surface area contributed by atoms with Crippen LogP contribution in [-0.2, 0) is 6.54 Å². The lowest BCUT2D eigenvalue weighted by Gasteiger charge is -2.22. The van der Waals surface area contributed by atoms with Gasteiger partial charge >= 0.3 is 0 Å². The molecule has 6 nitrogen and oxygen atoms in total. The molecule has 0 aliphatic carbocycles. The molecular weight excluding hydrogens is 266 g/mol. The molecule has 0 spiro atoms. The van der Waals surface area contributed by atoms with Gasteiger partial charge in [0.1, 0.15) is 0 Å². The minimum absolute atomic E-state index is 0.0649. The van der Waals surface area contributed by atoms with Gasteiger partial charge in [0, 0.05) is 11.8 Å². The molecule has 0 bridgehead atoms. The van der Waals surface area contributed by atoms with Gasteiger partial charge in [0.05, 0.1) is 30.4 Å². The van der Waals surface area contributed by atoms with Crippen molar-refractivity contribution in [3.63, 3.8) is 0 Å². The van der Waals surface area contributed by atoms with E-state index in [0.717, 1.165) is 0 Å². The van der Waals surface area contributed by atoms with Crippen molar-refractivity contribution < 1.29 is 4.79 Å². The molecule has 2 aromatic rings. The molecule has 1 aromatic carbocycles. The first-order valence-electron chi connectivity index (χ1n) is 6.75. The van der Waals surface area contributed by atoms with Crippen molar-refractivity contribution in [2.24, 2.45) is 5.92 Å². The summed E-state index contributed by atoms with van der Waals surface area (Å²) < 4.78 is 1.69. The first-order valence-corrected chi connectivity index (χ1v) is 6.75. The quantitative estimate of drug-likeness (QED) is 0.903. The second-order valence-corrected chi connectivity index (χ2v) is 5.14. The van der Waals surface area contributed by atoms with Crippen molar-refractivity contribution in [1.29, 1.82) is 5.26 Å². The van der Waals surface area contributed by atoms with E-state index in [1.807, 2.05) is 19.9 Å². The summed E-state index contributed by atoms with van der Waals surface area (Å²) in [7, 11) is 0. The number of amides is 1. The van der Waals surface area contributed by atoms with E-state index in [4.69, 9.17) is 5.26 Å². The largest absolute Gasteiger partial charge is 0.347 e. The molecule has 1 aromatic heterocycles. The maximum absolute atomic E-state index is 12.3. The molecule has 1 amide bonds. The van der Waals surface area contributed by atoms with Crippen LogP contribution >= 0.6 is 0 Å². The number of hydrogen-bond acceptors (Lipinski definition) is 4. The predicted octanol–water partition coefficient (Wildman–Crippen LogP) is 1.60.